The van der Waals surface area contributed by atoms with Crippen LogP contribution in [-0.4, -0.2) is 14.3 Å². The van der Waals surface area contributed by atoms with Crippen LogP contribution in [0.25, 0.3) is 0 Å². The Morgan fingerprint density at radius 1 is 1.37 bits per heavy atom. The first-order valence-corrected chi connectivity index (χ1v) is 8.90. The molecule has 2 fully saturated rings. The van der Waals surface area contributed by atoms with E-state index in [0.29, 0.717) is 11.8 Å². The van der Waals surface area contributed by atoms with Gasteiger partial charge in [0.2, 0.25) is 5.91 Å². The first-order chi connectivity index (χ1) is 8.97. The molecular weight excluding hydrogens is 282 g/mol. The summed E-state index contributed by atoms with van der Waals surface area (Å²) in [5, 5.41) is 0. The minimum atomic E-state index is -3.66. The Morgan fingerprint density at radius 3 is 2.63 bits per heavy atom. The second-order valence-electron chi connectivity index (χ2n) is 5.53. The molecular formula is C13H17NO3S2. The number of sulfonamides is 1. The monoisotopic (exact) mass is 299 g/mol. The van der Waals surface area contributed by atoms with Crippen LogP contribution in [0.4, 0.5) is 0 Å². The number of aryl methyl sites for hydroxylation is 1. The van der Waals surface area contributed by atoms with Crippen LogP contribution in [0.5, 0.6) is 0 Å². The Kier molecular flexibility index (Phi) is 3.17. The number of carbonyl (C=O) groups excluding carboxylic acids is 1. The van der Waals surface area contributed by atoms with E-state index in [0.717, 1.165) is 11.3 Å². The minimum absolute atomic E-state index is 0.0823. The van der Waals surface area contributed by atoms with Gasteiger partial charge in [-0.05, 0) is 37.3 Å². The molecule has 19 heavy (non-hydrogen) atoms. The van der Waals surface area contributed by atoms with E-state index in [1.165, 1.54) is 30.6 Å². The third-order valence-corrected chi connectivity index (χ3v) is 6.99. The van der Waals surface area contributed by atoms with E-state index < -0.39 is 10.0 Å². The molecule has 0 unspecified atom stereocenters. The summed E-state index contributed by atoms with van der Waals surface area (Å²) in [6.07, 6.45) is 4.51. The lowest BCUT2D eigenvalue weighted by Gasteiger charge is -2.25. The van der Waals surface area contributed by atoms with Crippen LogP contribution < -0.4 is 4.72 Å². The molecule has 6 heteroatoms. The second kappa shape index (κ2) is 4.59. The van der Waals surface area contributed by atoms with Gasteiger partial charge in [-0.3, -0.25) is 4.79 Å². The summed E-state index contributed by atoms with van der Waals surface area (Å²) >= 11 is 1.19. The summed E-state index contributed by atoms with van der Waals surface area (Å²) in [7, 11) is -3.66. The van der Waals surface area contributed by atoms with Crippen molar-refractivity contribution in [3.63, 3.8) is 0 Å². The SMILES string of the molecule is Cc1ccc(S(=O)(=O)NC(=O)[C@@H]2C[C@H]2C2CCC2)s1. The van der Waals surface area contributed by atoms with Gasteiger partial charge in [0.1, 0.15) is 4.21 Å². The van der Waals surface area contributed by atoms with Gasteiger partial charge in [0.05, 0.1) is 0 Å². The molecule has 1 amide bonds. The van der Waals surface area contributed by atoms with Gasteiger partial charge in [-0.1, -0.05) is 19.3 Å². The summed E-state index contributed by atoms with van der Waals surface area (Å²) in [6, 6.07) is 3.30. The van der Waals surface area contributed by atoms with Crippen LogP contribution in [-0.2, 0) is 14.8 Å². The van der Waals surface area contributed by atoms with Gasteiger partial charge >= 0.3 is 0 Å². The molecule has 1 heterocycles. The molecule has 2 aliphatic carbocycles. The Balaban J connectivity index is 1.63. The van der Waals surface area contributed by atoms with Crippen molar-refractivity contribution >= 4 is 27.3 Å². The van der Waals surface area contributed by atoms with E-state index in [4.69, 9.17) is 0 Å². The highest BCUT2D eigenvalue weighted by atomic mass is 32.2. The number of thiophene rings is 1. The number of hydrogen-bond acceptors (Lipinski definition) is 4. The highest BCUT2D eigenvalue weighted by Gasteiger charge is 2.49. The zero-order valence-corrected chi connectivity index (χ0v) is 12.4. The summed E-state index contributed by atoms with van der Waals surface area (Å²) in [5.74, 6) is 0.681. The van der Waals surface area contributed by atoms with Crippen LogP contribution in [0.3, 0.4) is 0 Å². The van der Waals surface area contributed by atoms with Gasteiger partial charge in [-0.25, -0.2) is 13.1 Å². The molecule has 3 rings (SSSR count). The summed E-state index contributed by atoms with van der Waals surface area (Å²) in [5.41, 5.74) is 0. The number of carbonyl (C=O) groups is 1. The van der Waals surface area contributed by atoms with Crippen molar-refractivity contribution in [2.75, 3.05) is 0 Å². The molecule has 1 aromatic rings. The normalized spacial score (nSPS) is 26.8. The lowest BCUT2D eigenvalue weighted by Crippen LogP contribution is -2.32. The molecule has 104 valence electrons. The van der Waals surface area contributed by atoms with E-state index in [9.17, 15) is 13.2 Å². The Hall–Kier alpha value is -0.880. The fraction of sp³-hybridized carbons (Fsp3) is 0.615. The first kappa shape index (κ1) is 13.1. The maximum atomic E-state index is 12.0. The van der Waals surface area contributed by atoms with Gasteiger partial charge in [0.25, 0.3) is 10.0 Å². The summed E-state index contributed by atoms with van der Waals surface area (Å²) in [4.78, 5) is 12.9. The van der Waals surface area contributed by atoms with E-state index in [-0.39, 0.29) is 16.0 Å². The average Bonchev–Trinajstić information content (AvgIpc) is 2.88. The third-order valence-electron chi connectivity index (χ3n) is 4.15. The molecule has 4 nitrogen and oxygen atoms in total. The summed E-state index contributed by atoms with van der Waals surface area (Å²) < 4.78 is 26.5. The fourth-order valence-electron chi connectivity index (χ4n) is 2.72. The van der Waals surface area contributed by atoms with E-state index in [1.807, 2.05) is 6.92 Å². The molecule has 0 aliphatic heterocycles. The predicted octanol–water partition coefficient (Wildman–Crippen LogP) is 2.30. The van der Waals surface area contributed by atoms with Gasteiger partial charge in [-0.2, -0.15) is 0 Å². The quantitative estimate of drug-likeness (QED) is 0.928. The number of hydrogen-bond donors (Lipinski definition) is 1. The van der Waals surface area contributed by atoms with Crippen molar-refractivity contribution in [1.82, 2.24) is 4.72 Å². The zero-order chi connectivity index (χ0) is 13.6. The van der Waals surface area contributed by atoms with Crippen LogP contribution in [0.1, 0.15) is 30.6 Å². The highest BCUT2D eigenvalue weighted by molar-refractivity contribution is 7.92. The van der Waals surface area contributed by atoms with Gasteiger partial charge in [-0.15, -0.1) is 11.3 Å². The van der Waals surface area contributed by atoms with Gasteiger partial charge < -0.3 is 0 Å². The standard InChI is InChI=1S/C13H17NO3S2/c1-8-5-6-12(18-8)19(16,17)14-13(15)11-7-10(11)9-3-2-4-9/h5-6,9-11H,2-4,7H2,1H3,(H,14,15)/t10-,11+/m0/s1. The smallest absolute Gasteiger partial charge is 0.273 e. The third kappa shape index (κ3) is 2.56. The molecule has 2 saturated carbocycles. The molecule has 0 bridgehead atoms. The lowest BCUT2D eigenvalue weighted by atomic mass is 9.81. The molecule has 2 aliphatic rings. The Bertz CT molecular complexity index is 601. The van der Waals surface area contributed by atoms with Gasteiger partial charge in [0, 0.05) is 10.8 Å². The van der Waals surface area contributed by atoms with Gasteiger partial charge in [0.15, 0.2) is 0 Å². The second-order valence-corrected chi connectivity index (χ2v) is 8.73. The van der Waals surface area contributed by atoms with Crippen LogP contribution >= 0.6 is 11.3 Å². The number of rotatable bonds is 4. The van der Waals surface area contributed by atoms with Crippen molar-refractivity contribution in [1.29, 1.82) is 0 Å². The van der Waals surface area contributed by atoms with Crippen LogP contribution in [0.15, 0.2) is 16.3 Å². The van der Waals surface area contributed by atoms with Crippen molar-refractivity contribution < 1.29 is 13.2 Å². The van der Waals surface area contributed by atoms with Crippen LogP contribution in [0.2, 0.25) is 0 Å². The predicted molar refractivity (Wildman–Crippen MR) is 73.3 cm³/mol. The molecule has 0 radical (unpaired) electrons. The maximum Gasteiger partial charge on any atom is 0.273 e. The largest absolute Gasteiger partial charge is 0.274 e. The van der Waals surface area contributed by atoms with Crippen molar-refractivity contribution in [2.45, 2.75) is 36.8 Å². The van der Waals surface area contributed by atoms with E-state index >= 15 is 0 Å². The lowest BCUT2D eigenvalue weighted by molar-refractivity contribution is -0.121. The van der Waals surface area contributed by atoms with Crippen molar-refractivity contribution in [3.05, 3.63) is 17.0 Å². The van der Waals surface area contributed by atoms with Crippen LogP contribution in [0, 0.1) is 24.7 Å². The topological polar surface area (TPSA) is 63.2 Å². The number of amides is 1. The average molecular weight is 299 g/mol. The van der Waals surface area contributed by atoms with Crippen molar-refractivity contribution in [2.24, 2.45) is 17.8 Å². The number of nitrogens with one attached hydrogen (secondary N) is 1. The molecule has 2 atom stereocenters. The molecule has 1 N–H and O–H groups in total. The first-order valence-electron chi connectivity index (χ1n) is 6.60. The zero-order valence-electron chi connectivity index (χ0n) is 10.8. The van der Waals surface area contributed by atoms with E-state index in [1.54, 1.807) is 12.1 Å². The molecule has 0 aromatic carbocycles. The molecule has 0 saturated heterocycles. The Labute approximate surface area is 117 Å². The fourth-order valence-corrected chi connectivity index (χ4v) is 5.03. The Morgan fingerprint density at radius 2 is 2.11 bits per heavy atom. The minimum Gasteiger partial charge on any atom is -0.274 e. The summed E-state index contributed by atoms with van der Waals surface area (Å²) in [6.45, 7) is 1.85. The molecule has 0 spiro atoms. The van der Waals surface area contributed by atoms with E-state index in [2.05, 4.69) is 4.72 Å². The molecule has 1 aromatic heterocycles. The van der Waals surface area contributed by atoms with Crippen molar-refractivity contribution in [3.8, 4) is 0 Å². The maximum absolute atomic E-state index is 12.0. The highest BCUT2D eigenvalue weighted by Crippen LogP contribution is 2.51.